The van der Waals surface area contributed by atoms with E-state index in [0.717, 1.165) is 14.9 Å². The molecule has 0 aliphatic rings. The zero-order chi connectivity index (χ0) is 18.0. The number of ether oxygens (including phenoxy) is 2. The minimum Gasteiger partial charge on any atom is -0.493 e. The van der Waals surface area contributed by atoms with Crippen LogP contribution in [0.4, 0.5) is 0 Å². The average Bonchev–Trinajstić information content (AvgIpc) is 3.01. The number of amides is 1. The van der Waals surface area contributed by atoms with Crippen LogP contribution in [0.2, 0.25) is 5.02 Å². The summed E-state index contributed by atoms with van der Waals surface area (Å²) in [7, 11) is 3.09. The first-order chi connectivity index (χ1) is 12.0. The largest absolute Gasteiger partial charge is 0.493 e. The number of carbonyl (C=O) groups is 1. The number of nitrogens with one attached hydrogen (secondary N) is 1. The molecule has 0 saturated heterocycles. The van der Waals surface area contributed by atoms with Gasteiger partial charge in [-0.1, -0.05) is 11.6 Å². The molecule has 0 bridgehead atoms. The van der Waals surface area contributed by atoms with Crippen LogP contribution in [0.3, 0.4) is 0 Å². The van der Waals surface area contributed by atoms with Crippen LogP contribution in [-0.2, 0) is 6.54 Å². The van der Waals surface area contributed by atoms with Gasteiger partial charge in [0.15, 0.2) is 11.5 Å². The lowest BCUT2D eigenvalue weighted by Crippen LogP contribution is -2.24. The van der Waals surface area contributed by atoms with Crippen molar-refractivity contribution >= 4 is 45.7 Å². The molecule has 3 rings (SSSR count). The van der Waals surface area contributed by atoms with Crippen LogP contribution < -0.4 is 14.8 Å². The molecular formula is C17H15ClIN3O3. The topological polar surface area (TPSA) is 64.9 Å². The second kappa shape index (κ2) is 7.49. The van der Waals surface area contributed by atoms with Crippen LogP contribution in [-0.4, -0.2) is 29.5 Å². The van der Waals surface area contributed by atoms with Gasteiger partial charge in [0, 0.05) is 16.0 Å². The van der Waals surface area contributed by atoms with Crippen molar-refractivity contribution in [3.8, 4) is 11.5 Å². The third-order valence-electron chi connectivity index (χ3n) is 3.61. The molecule has 0 radical (unpaired) electrons. The number of hydrogen-bond donors (Lipinski definition) is 1. The lowest BCUT2D eigenvalue weighted by Gasteiger charge is -2.11. The van der Waals surface area contributed by atoms with Crippen molar-refractivity contribution in [1.82, 2.24) is 14.7 Å². The maximum atomic E-state index is 12.5. The maximum absolute atomic E-state index is 12.5. The fourth-order valence-corrected chi connectivity index (χ4v) is 3.25. The Balaban J connectivity index is 1.77. The van der Waals surface area contributed by atoms with E-state index in [2.05, 4.69) is 32.9 Å². The summed E-state index contributed by atoms with van der Waals surface area (Å²) in [5.74, 6) is 0.886. The predicted octanol–water partition coefficient (Wildman–Crippen LogP) is 3.54. The molecule has 130 valence electrons. The first-order valence-electron chi connectivity index (χ1n) is 7.34. The quantitative estimate of drug-likeness (QED) is 0.578. The van der Waals surface area contributed by atoms with Crippen LogP contribution in [0.15, 0.2) is 36.7 Å². The van der Waals surface area contributed by atoms with Gasteiger partial charge in [0.25, 0.3) is 5.91 Å². The van der Waals surface area contributed by atoms with Crippen molar-refractivity contribution in [1.29, 1.82) is 0 Å². The molecule has 25 heavy (non-hydrogen) atoms. The van der Waals surface area contributed by atoms with Gasteiger partial charge < -0.3 is 19.2 Å². The molecule has 1 N–H and O–H groups in total. The fraction of sp³-hybridized carbons (Fsp3) is 0.176. The molecule has 0 unspecified atom stereocenters. The van der Waals surface area contributed by atoms with Crippen LogP contribution in [0, 0.1) is 3.57 Å². The molecule has 3 aromatic rings. The Kier molecular flexibility index (Phi) is 5.33. The summed E-state index contributed by atoms with van der Waals surface area (Å²) in [6.45, 7) is 0.308. The first-order valence-corrected chi connectivity index (χ1v) is 8.80. The summed E-state index contributed by atoms with van der Waals surface area (Å²) in [6, 6.07) is 7.03. The smallest absolute Gasteiger partial charge is 0.252 e. The van der Waals surface area contributed by atoms with Gasteiger partial charge in [0.05, 0.1) is 37.0 Å². The Hall–Kier alpha value is -2.00. The summed E-state index contributed by atoms with van der Waals surface area (Å²) < 4.78 is 13.1. The second-order valence-electron chi connectivity index (χ2n) is 5.21. The van der Waals surface area contributed by atoms with Crippen molar-refractivity contribution in [3.05, 3.63) is 56.5 Å². The number of hydrogen-bond acceptors (Lipinski definition) is 4. The summed E-state index contributed by atoms with van der Waals surface area (Å²) >= 11 is 8.06. The van der Waals surface area contributed by atoms with Crippen molar-refractivity contribution in [2.75, 3.05) is 14.2 Å². The number of methoxy groups -OCH3 is 2. The van der Waals surface area contributed by atoms with Gasteiger partial charge >= 0.3 is 0 Å². The van der Waals surface area contributed by atoms with E-state index in [9.17, 15) is 4.79 Å². The van der Waals surface area contributed by atoms with Crippen molar-refractivity contribution < 1.29 is 14.3 Å². The van der Waals surface area contributed by atoms with Crippen molar-refractivity contribution in [3.63, 3.8) is 0 Å². The Morgan fingerprint density at radius 1 is 1.24 bits per heavy atom. The minimum atomic E-state index is -0.208. The normalized spacial score (nSPS) is 10.7. The Bertz CT molecular complexity index is 942. The van der Waals surface area contributed by atoms with Gasteiger partial charge in [-0.05, 0) is 46.9 Å². The van der Waals surface area contributed by atoms with Crippen LogP contribution in [0.25, 0.3) is 5.65 Å². The SMILES string of the molecule is COc1cc(I)c(C(=O)NCc2cn3cc(Cl)ccc3n2)cc1OC. The maximum Gasteiger partial charge on any atom is 0.252 e. The molecule has 2 heterocycles. The van der Waals surface area contributed by atoms with Crippen LogP contribution in [0.1, 0.15) is 16.1 Å². The van der Waals surface area contributed by atoms with Gasteiger partial charge in [-0.25, -0.2) is 4.98 Å². The standard InChI is InChI=1S/C17H15ClIN3O3/c1-24-14-5-12(13(19)6-15(14)25-2)17(23)20-7-11-9-22-8-10(18)3-4-16(22)21-11/h3-6,8-9H,7H2,1-2H3,(H,20,23). The van der Waals surface area contributed by atoms with E-state index in [0.29, 0.717) is 28.6 Å². The molecule has 1 aromatic carbocycles. The summed E-state index contributed by atoms with van der Waals surface area (Å²) in [5, 5.41) is 3.50. The van der Waals surface area contributed by atoms with E-state index >= 15 is 0 Å². The van der Waals surface area contributed by atoms with Gasteiger partial charge in [-0.15, -0.1) is 0 Å². The van der Waals surface area contributed by atoms with Crippen LogP contribution in [0.5, 0.6) is 11.5 Å². The van der Waals surface area contributed by atoms with Gasteiger partial charge in [0.2, 0.25) is 0 Å². The van der Waals surface area contributed by atoms with Gasteiger partial charge in [-0.2, -0.15) is 0 Å². The van der Waals surface area contributed by atoms with Crippen molar-refractivity contribution in [2.45, 2.75) is 6.54 Å². The molecule has 1 amide bonds. The highest BCUT2D eigenvalue weighted by atomic mass is 127. The van der Waals surface area contributed by atoms with Crippen molar-refractivity contribution in [2.24, 2.45) is 0 Å². The Morgan fingerprint density at radius 3 is 2.68 bits per heavy atom. The monoisotopic (exact) mass is 471 g/mol. The highest BCUT2D eigenvalue weighted by Gasteiger charge is 2.15. The lowest BCUT2D eigenvalue weighted by atomic mass is 10.2. The highest BCUT2D eigenvalue weighted by Crippen LogP contribution is 2.31. The Labute approximate surface area is 163 Å². The minimum absolute atomic E-state index is 0.208. The van der Waals surface area contributed by atoms with E-state index in [1.54, 1.807) is 31.5 Å². The van der Waals surface area contributed by atoms with E-state index in [1.807, 2.05) is 16.7 Å². The number of fused-ring (bicyclic) bond motifs is 1. The number of halogens is 2. The van der Waals surface area contributed by atoms with Gasteiger partial charge in [0.1, 0.15) is 5.65 Å². The summed E-state index contributed by atoms with van der Waals surface area (Å²) in [5.41, 5.74) is 2.03. The van der Waals surface area contributed by atoms with Crippen LogP contribution >= 0.6 is 34.2 Å². The van der Waals surface area contributed by atoms with E-state index in [1.165, 1.54) is 7.11 Å². The molecule has 2 aromatic heterocycles. The number of imidazole rings is 1. The fourth-order valence-electron chi connectivity index (χ4n) is 2.40. The third kappa shape index (κ3) is 3.82. The summed E-state index contributed by atoms with van der Waals surface area (Å²) in [4.78, 5) is 17.0. The summed E-state index contributed by atoms with van der Waals surface area (Å²) in [6.07, 6.45) is 3.60. The van der Waals surface area contributed by atoms with E-state index in [4.69, 9.17) is 21.1 Å². The molecule has 0 saturated carbocycles. The Morgan fingerprint density at radius 2 is 1.96 bits per heavy atom. The molecule has 0 fully saturated rings. The lowest BCUT2D eigenvalue weighted by molar-refractivity contribution is 0.0949. The van der Waals surface area contributed by atoms with Gasteiger partial charge in [-0.3, -0.25) is 4.79 Å². The zero-order valence-electron chi connectivity index (χ0n) is 13.5. The number of benzene rings is 1. The molecule has 0 aliphatic heterocycles. The molecule has 8 heteroatoms. The average molecular weight is 472 g/mol. The highest BCUT2D eigenvalue weighted by molar-refractivity contribution is 14.1. The van der Waals surface area contributed by atoms with E-state index < -0.39 is 0 Å². The number of pyridine rings is 1. The molecule has 6 nitrogen and oxygen atoms in total. The van der Waals surface area contributed by atoms with E-state index in [-0.39, 0.29) is 5.91 Å². The molecule has 0 aliphatic carbocycles. The molecule has 0 spiro atoms. The number of carbonyl (C=O) groups excluding carboxylic acids is 1. The number of aromatic nitrogens is 2. The second-order valence-corrected chi connectivity index (χ2v) is 6.81. The predicted molar refractivity (Wildman–Crippen MR) is 104 cm³/mol. The first kappa shape index (κ1) is 17.8. The zero-order valence-corrected chi connectivity index (χ0v) is 16.5. The number of nitrogens with zero attached hydrogens (tertiary/aromatic N) is 2. The molecule has 0 atom stereocenters. The number of rotatable bonds is 5. The third-order valence-corrected chi connectivity index (χ3v) is 4.73. The molecular weight excluding hydrogens is 457 g/mol.